The molecule has 100 valence electrons. The Morgan fingerprint density at radius 2 is 2.00 bits per heavy atom. The van der Waals surface area contributed by atoms with Crippen molar-refractivity contribution in [3.05, 3.63) is 22.7 Å². The maximum Gasteiger partial charge on any atom is 0.328 e. The molecule has 4 N–H and O–H groups in total. The lowest BCUT2D eigenvalue weighted by molar-refractivity contribution is 0.243. The maximum absolute atomic E-state index is 11.9. The summed E-state index contributed by atoms with van der Waals surface area (Å²) in [7, 11) is -3.96. The van der Waals surface area contributed by atoms with Crippen molar-refractivity contribution in [1.82, 2.24) is 10.0 Å². The van der Waals surface area contributed by atoms with Crippen LogP contribution in [-0.2, 0) is 10.0 Å². The summed E-state index contributed by atoms with van der Waals surface area (Å²) in [6.45, 7) is 3.44. The van der Waals surface area contributed by atoms with Gasteiger partial charge in [-0.15, -0.1) is 0 Å². The van der Waals surface area contributed by atoms with E-state index < -0.39 is 16.1 Å². The largest absolute Gasteiger partial charge is 0.398 e. The van der Waals surface area contributed by atoms with Crippen molar-refractivity contribution < 1.29 is 13.2 Å². The molecule has 0 aliphatic heterocycles. The molecule has 6 nitrogen and oxygen atoms in total. The molecule has 0 unspecified atom stereocenters. The van der Waals surface area contributed by atoms with Gasteiger partial charge in [0.25, 0.3) is 10.0 Å². The van der Waals surface area contributed by atoms with Gasteiger partial charge < -0.3 is 11.1 Å². The van der Waals surface area contributed by atoms with Crippen molar-refractivity contribution in [3.63, 3.8) is 0 Å². The summed E-state index contributed by atoms with van der Waals surface area (Å²) in [5, 5.41) is 2.42. The fraction of sp³-hybridized carbons (Fsp3) is 0.300. The first-order valence-electron chi connectivity index (χ1n) is 5.10. The zero-order chi connectivity index (χ0) is 13.9. The summed E-state index contributed by atoms with van der Waals surface area (Å²) in [5.41, 5.74) is 5.67. The molecule has 0 aromatic heterocycles. The molecule has 0 saturated carbocycles. The number of benzene rings is 1. The number of nitrogens with two attached hydrogens (primary N) is 1. The Balaban J connectivity index is 2.97. The molecule has 0 atom stereocenters. The first-order valence-corrected chi connectivity index (χ1v) is 7.38. The van der Waals surface area contributed by atoms with Crippen molar-refractivity contribution in [2.45, 2.75) is 24.8 Å². The normalized spacial score (nSPS) is 11.3. The van der Waals surface area contributed by atoms with E-state index in [4.69, 9.17) is 5.73 Å². The van der Waals surface area contributed by atoms with Gasteiger partial charge in [-0.3, -0.25) is 0 Å². The van der Waals surface area contributed by atoms with E-state index in [2.05, 4.69) is 21.2 Å². The van der Waals surface area contributed by atoms with E-state index in [1.807, 2.05) is 4.72 Å². The van der Waals surface area contributed by atoms with Gasteiger partial charge in [0.1, 0.15) is 4.90 Å². The topological polar surface area (TPSA) is 101 Å². The highest BCUT2D eigenvalue weighted by atomic mass is 79.9. The van der Waals surface area contributed by atoms with Crippen molar-refractivity contribution in [1.29, 1.82) is 0 Å². The van der Waals surface area contributed by atoms with E-state index in [0.717, 1.165) is 0 Å². The third-order valence-electron chi connectivity index (χ3n) is 1.91. The first kappa shape index (κ1) is 14.8. The van der Waals surface area contributed by atoms with Crippen LogP contribution in [0.5, 0.6) is 0 Å². The molecule has 1 rings (SSSR count). The molecular weight excluding hydrogens is 322 g/mol. The Bertz CT molecular complexity index is 557. The molecule has 0 saturated heterocycles. The number of carbonyl (C=O) groups excluding carboxylic acids is 1. The standard InChI is InChI=1S/C10H14BrN3O3S/c1-6(2)13-10(15)14-18(16,17)9-4-3-7(11)5-8(9)12/h3-6H,12H2,1-2H3,(H2,13,14,15). The Kier molecular flexibility index (Phi) is 4.58. The third kappa shape index (κ3) is 3.88. The molecule has 0 fully saturated rings. The predicted octanol–water partition coefficient (Wildman–Crippen LogP) is 1.43. The van der Waals surface area contributed by atoms with E-state index in [9.17, 15) is 13.2 Å². The summed E-state index contributed by atoms with van der Waals surface area (Å²) in [6.07, 6.45) is 0. The molecule has 0 bridgehead atoms. The quantitative estimate of drug-likeness (QED) is 0.727. The van der Waals surface area contributed by atoms with Crippen LogP contribution in [-0.4, -0.2) is 20.5 Å². The van der Waals surface area contributed by atoms with Gasteiger partial charge in [0, 0.05) is 10.5 Å². The number of urea groups is 1. The summed E-state index contributed by atoms with van der Waals surface area (Å²) in [6, 6.07) is 3.36. The van der Waals surface area contributed by atoms with E-state index in [1.54, 1.807) is 13.8 Å². The van der Waals surface area contributed by atoms with Crippen LogP contribution in [0.2, 0.25) is 0 Å². The van der Waals surface area contributed by atoms with Gasteiger partial charge in [0.2, 0.25) is 0 Å². The number of halogens is 1. The maximum atomic E-state index is 11.9. The molecule has 0 radical (unpaired) electrons. The van der Waals surface area contributed by atoms with Gasteiger partial charge in [0.15, 0.2) is 0 Å². The lowest BCUT2D eigenvalue weighted by Crippen LogP contribution is -2.42. The zero-order valence-electron chi connectivity index (χ0n) is 9.90. The summed E-state index contributed by atoms with van der Waals surface area (Å²) >= 11 is 3.17. The minimum Gasteiger partial charge on any atom is -0.398 e. The number of nitrogens with one attached hydrogen (secondary N) is 2. The molecular formula is C10H14BrN3O3S. The van der Waals surface area contributed by atoms with E-state index >= 15 is 0 Å². The molecule has 2 amide bonds. The fourth-order valence-corrected chi connectivity index (χ4v) is 2.64. The van der Waals surface area contributed by atoms with E-state index in [-0.39, 0.29) is 16.6 Å². The van der Waals surface area contributed by atoms with Crippen LogP contribution in [0.1, 0.15) is 13.8 Å². The molecule has 0 heterocycles. The second-order valence-electron chi connectivity index (χ2n) is 3.92. The van der Waals surface area contributed by atoms with Gasteiger partial charge in [-0.25, -0.2) is 17.9 Å². The second kappa shape index (κ2) is 5.57. The van der Waals surface area contributed by atoms with Crippen molar-refractivity contribution in [2.24, 2.45) is 0 Å². The van der Waals surface area contributed by atoms with Crippen LogP contribution in [0.25, 0.3) is 0 Å². The number of sulfonamides is 1. The minimum absolute atomic E-state index is 0.0641. The number of carbonyl (C=O) groups is 1. The Morgan fingerprint density at radius 3 is 2.50 bits per heavy atom. The van der Waals surface area contributed by atoms with E-state index in [0.29, 0.717) is 4.47 Å². The van der Waals surface area contributed by atoms with Gasteiger partial charge in [-0.1, -0.05) is 15.9 Å². The van der Waals surface area contributed by atoms with E-state index in [1.165, 1.54) is 18.2 Å². The minimum atomic E-state index is -3.96. The highest BCUT2D eigenvalue weighted by molar-refractivity contribution is 9.10. The number of rotatable bonds is 3. The smallest absolute Gasteiger partial charge is 0.328 e. The first-order chi connectivity index (χ1) is 8.22. The molecule has 0 aliphatic carbocycles. The number of anilines is 1. The van der Waals surface area contributed by atoms with Crippen LogP contribution >= 0.6 is 15.9 Å². The molecule has 8 heteroatoms. The lowest BCUT2D eigenvalue weighted by Gasteiger charge is -2.12. The van der Waals surface area contributed by atoms with Crippen molar-refractivity contribution >= 4 is 37.7 Å². The van der Waals surface area contributed by atoms with Gasteiger partial charge in [-0.2, -0.15) is 0 Å². The van der Waals surface area contributed by atoms with Crippen LogP contribution in [0.3, 0.4) is 0 Å². The van der Waals surface area contributed by atoms with Crippen LogP contribution < -0.4 is 15.8 Å². The SMILES string of the molecule is CC(C)NC(=O)NS(=O)(=O)c1ccc(Br)cc1N. The molecule has 0 aliphatic rings. The number of hydrogen-bond donors (Lipinski definition) is 3. The van der Waals surface area contributed by atoms with Crippen LogP contribution in [0.15, 0.2) is 27.6 Å². The highest BCUT2D eigenvalue weighted by Gasteiger charge is 2.20. The highest BCUT2D eigenvalue weighted by Crippen LogP contribution is 2.22. The summed E-state index contributed by atoms with van der Waals surface area (Å²) in [4.78, 5) is 11.2. The summed E-state index contributed by atoms with van der Waals surface area (Å²) < 4.78 is 26.3. The summed E-state index contributed by atoms with van der Waals surface area (Å²) in [5.74, 6) is 0. The molecule has 1 aromatic rings. The monoisotopic (exact) mass is 335 g/mol. The van der Waals surface area contributed by atoms with Gasteiger partial charge >= 0.3 is 6.03 Å². The van der Waals surface area contributed by atoms with Crippen LogP contribution in [0, 0.1) is 0 Å². The lowest BCUT2D eigenvalue weighted by atomic mass is 10.3. The zero-order valence-corrected chi connectivity index (χ0v) is 12.3. The Labute approximate surface area is 114 Å². The number of amides is 2. The molecule has 0 spiro atoms. The Hall–Kier alpha value is -1.28. The average molecular weight is 336 g/mol. The predicted molar refractivity (Wildman–Crippen MR) is 72.5 cm³/mol. The van der Waals surface area contributed by atoms with Crippen molar-refractivity contribution in [2.75, 3.05) is 5.73 Å². The Morgan fingerprint density at radius 1 is 1.39 bits per heavy atom. The fourth-order valence-electron chi connectivity index (χ4n) is 1.23. The second-order valence-corrected chi connectivity index (χ2v) is 6.48. The number of nitrogen functional groups attached to an aromatic ring is 1. The molecule has 1 aromatic carbocycles. The number of hydrogen-bond acceptors (Lipinski definition) is 4. The average Bonchev–Trinajstić information content (AvgIpc) is 2.13. The van der Waals surface area contributed by atoms with Gasteiger partial charge in [-0.05, 0) is 32.0 Å². The van der Waals surface area contributed by atoms with Crippen molar-refractivity contribution in [3.8, 4) is 0 Å². The van der Waals surface area contributed by atoms with Crippen LogP contribution in [0.4, 0.5) is 10.5 Å². The third-order valence-corrected chi connectivity index (χ3v) is 3.81. The molecule has 18 heavy (non-hydrogen) atoms. The van der Waals surface area contributed by atoms with Gasteiger partial charge in [0.05, 0.1) is 5.69 Å².